The third-order valence-corrected chi connectivity index (χ3v) is 20.0. The average molecular weight is 741 g/mol. The lowest BCUT2D eigenvalue weighted by Gasteiger charge is -2.43. The van der Waals surface area contributed by atoms with Crippen molar-refractivity contribution in [3.8, 4) is 0 Å². The first-order chi connectivity index (χ1) is 24.6. The van der Waals surface area contributed by atoms with Crippen LogP contribution in [0.1, 0.15) is 67.2 Å². The van der Waals surface area contributed by atoms with Crippen LogP contribution in [0.4, 0.5) is 0 Å². The fraction of sp³-hybridized carbons (Fsp3) is 0.409. The monoisotopic (exact) mass is 740 g/mol. The second kappa shape index (κ2) is 18.2. The van der Waals surface area contributed by atoms with Crippen LogP contribution in [0.25, 0.3) is 0 Å². The van der Waals surface area contributed by atoms with Crippen molar-refractivity contribution in [2.24, 2.45) is 0 Å². The van der Waals surface area contributed by atoms with E-state index in [0.717, 1.165) is 20.7 Å². The molecule has 0 radical (unpaired) electrons. The highest BCUT2D eigenvalue weighted by Crippen LogP contribution is 2.38. The molecule has 0 saturated heterocycles. The van der Waals surface area contributed by atoms with E-state index in [9.17, 15) is 20.4 Å². The first-order valence-electron chi connectivity index (χ1n) is 18.5. The van der Waals surface area contributed by atoms with Gasteiger partial charge < -0.3 is 29.3 Å². The second-order valence-electron chi connectivity index (χ2n) is 16.2. The SMILES string of the molecule is C=C(C[C@@H](O)C[C@H](O)CO[Si](c1ccccc1)(c1ccccc1)C(C)(C)C)C[C@@H](O)C[C@H](O)CO[Si](c1ccccc1)(c1ccccc1)C(C)(C)C. The van der Waals surface area contributed by atoms with Crippen molar-refractivity contribution in [1.29, 1.82) is 0 Å². The summed E-state index contributed by atoms with van der Waals surface area (Å²) >= 11 is 0. The van der Waals surface area contributed by atoms with Gasteiger partial charge in [0.05, 0.1) is 37.6 Å². The number of hydrogen-bond donors (Lipinski definition) is 4. The molecule has 4 rings (SSSR count). The molecule has 0 aliphatic carbocycles. The highest BCUT2D eigenvalue weighted by Gasteiger charge is 2.51. The van der Waals surface area contributed by atoms with E-state index in [-0.39, 0.29) is 49.0 Å². The van der Waals surface area contributed by atoms with Crippen molar-refractivity contribution in [3.05, 3.63) is 133 Å². The van der Waals surface area contributed by atoms with E-state index in [0.29, 0.717) is 5.57 Å². The fourth-order valence-electron chi connectivity index (χ4n) is 7.65. The Morgan fingerprint density at radius 3 is 0.962 bits per heavy atom. The molecule has 0 unspecified atom stereocenters. The van der Waals surface area contributed by atoms with Gasteiger partial charge in [0.25, 0.3) is 16.6 Å². The van der Waals surface area contributed by atoms with Gasteiger partial charge in [-0.1, -0.05) is 175 Å². The molecule has 0 heterocycles. The van der Waals surface area contributed by atoms with Crippen molar-refractivity contribution in [3.63, 3.8) is 0 Å². The molecular weight excluding hydrogens is 681 g/mol. The fourth-order valence-corrected chi connectivity index (χ4v) is 16.8. The lowest BCUT2D eigenvalue weighted by Crippen LogP contribution is -2.67. The first kappa shape index (κ1) is 41.6. The zero-order chi connectivity index (χ0) is 38.0. The van der Waals surface area contributed by atoms with Crippen molar-refractivity contribution in [2.75, 3.05) is 13.2 Å². The standard InChI is InChI=1S/C44H60O6Si2/c1-34(28-35(45)30-37(47)32-49-51(43(2,3)4,39-20-12-8-13-21-39)40-22-14-9-15-23-40)29-36(46)31-38(48)33-50-52(44(5,6)7,41-24-16-10-17-25-41)42-26-18-11-19-27-42/h8-27,35-38,45-48H,1,28-33H2,2-7H3/t35-,36-,37+,38+/m1/s1. The molecule has 0 spiro atoms. The number of hydrogen-bond acceptors (Lipinski definition) is 6. The van der Waals surface area contributed by atoms with Crippen LogP contribution in [0, 0.1) is 0 Å². The van der Waals surface area contributed by atoms with E-state index >= 15 is 0 Å². The number of aliphatic hydroxyl groups excluding tert-OH is 4. The van der Waals surface area contributed by atoms with Crippen molar-refractivity contribution < 1.29 is 29.3 Å². The van der Waals surface area contributed by atoms with E-state index < -0.39 is 41.1 Å². The van der Waals surface area contributed by atoms with Crippen LogP contribution in [0.2, 0.25) is 10.1 Å². The van der Waals surface area contributed by atoms with Crippen LogP contribution in [0.15, 0.2) is 133 Å². The molecule has 0 bridgehead atoms. The van der Waals surface area contributed by atoms with Crippen LogP contribution < -0.4 is 20.7 Å². The molecule has 0 saturated carbocycles. The van der Waals surface area contributed by atoms with E-state index in [2.05, 4.69) is 96.7 Å². The quantitative estimate of drug-likeness (QED) is 0.0773. The van der Waals surface area contributed by atoms with E-state index in [1.165, 1.54) is 0 Å². The van der Waals surface area contributed by atoms with Gasteiger partial charge in [0, 0.05) is 12.8 Å². The maximum absolute atomic E-state index is 11.1. The number of aliphatic hydroxyl groups is 4. The molecule has 0 aliphatic rings. The summed E-state index contributed by atoms with van der Waals surface area (Å²) in [5.74, 6) is 0. The molecule has 4 aromatic carbocycles. The summed E-state index contributed by atoms with van der Waals surface area (Å²) in [5.41, 5.74) is 0.653. The van der Waals surface area contributed by atoms with Gasteiger partial charge in [0.2, 0.25) is 0 Å². The van der Waals surface area contributed by atoms with Crippen LogP contribution in [0.5, 0.6) is 0 Å². The topological polar surface area (TPSA) is 99.4 Å². The van der Waals surface area contributed by atoms with Crippen LogP contribution in [-0.4, -0.2) is 74.7 Å². The summed E-state index contributed by atoms with van der Waals surface area (Å²) in [6.45, 7) is 17.4. The third kappa shape index (κ3) is 10.1. The minimum Gasteiger partial charge on any atom is -0.405 e. The van der Waals surface area contributed by atoms with Crippen LogP contribution >= 0.6 is 0 Å². The Labute approximate surface area is 314 Å². The lowest BCUT2D eigenvalue weighted by atomic mass is 9.98. The van der Waals surface area contributed by atoms with Crippen molar-refractivity contribution in [1.82, 2.24) is 0 Å². The molecule has 6 nitrogen and oxygen atoms in total. The molecule has 280 valence electrons. The van der Waals surface area contributed by atoms with E-state index in [1.54, 1.807) is 0 Å². The second-order valence-corrected chi connectivity index (χ2v) is 24.8. The Hall–Kier alpha value is -3.19. The van der Waals surface area contributed by atoms with Gasteiger partial charge >= 0.3 is 0 Å². The summed E-state index contributed by atoms with van der Waals surface area (Å²) in [7, 11) is -5.65. The molecule has 4 N–H and O–H groups in total. The largest absolute Gasteiger partial charge is 0.405 e. The molecule has 52 heavy (non-hydrogen) atoms. The van der Waals surface area contributed by atoms with E-state index in [1.807, 2.05) is 72.8 Å². The van der Waals surface area contributed by atoms with Crippen molar-refractivity contribution in [2.45, 2.75) is 102 Å². The van der Waals surface area contributed by atoms with Gasteiger partial charge in [-0.2, -0.15) is 0 Å². The van der Waals surface area contributed by atoms with E-state index in [4.69, 9.17) is 8.85 Å². The number of rotatable bonds is 18. The Balaban J connectivity index is 1.33. The Morgan fingerprint density at radius 2 is 0.731 bits per heavy atom. The molecule has 0 fully saturated rings. The van der Waals surface area contributed by atoms with Crippen LogP contribution in [0.3, 0.4) is 0 Å². The van der Waals surface area contributed by atoms with Gasteiger partial charge in [0.15, 0.2) is 0 Å². The van der Waals surface area contributed by atoms with Crippen LogP contribution in [-0.2, 0) is 8.85 Å². The molecule has 4 aromatic rings. The van der Waals surface area contributed by atoms with Gasteiger partial charge in [0.1, 0.15) is 0 Å². The molecule has 0 aromatic heterocycles. The minimum atomic E-state index is -2.82. The molecule has 8 heteroatoms. The Bertz CT molecular complexity index is 1440. The zero-order valence-corrected chi connectivity index (χ0v) is 33.9. The highest BCUT2D eigenvalue weighted by atomic mass is 28.4. The van der Waals surface area contributed by atoms with Gasteiger partial charge in [-0.15, -0.1) is 0 Å². The molecule has 0 aliphatic heterocycles. The average Bonchev–Trinajstić information content (AvgIpc) is 3.09. The number of benzene rings is 4. The summed E-state index contributed by atoms with van der Waals surface area (Å²) in [4.78, 5) is 0. The molecule has 0 amide bonds. The summed E-state index contributed by atoms with van der Waals surface area (Å²) < 4.78 is 13.7. The van der Waals surface area contributed by atoms with Gasteiger partial charge in [-0.05, 0) is 43.7 Å². The maximum atomic E-state index is 11.1. The van der Waals surface area contributed by atoms with Gasteiger partial charge in [-0.3, -0.25) is 0 Å². The zero-order valence-electron chi connectivity index (χ0n) is 31.9. The Morgan fingerprint density at radius 1 is 0.481 bits per heavy atom. The summed E-state index contributed by atoms with van der Waals surface area (Å²) in [6.07, 6.45) is -2.83. The highest BCUT2D eigenvalue weighted by molar-refractivity contribution is 7.00. The minimum absolute atomic E-state index is 0.0803. The predicted octanol–water partition coefficient (Wildman–Crippen LogP) is 5.70. The smallest absolute Gasteiger partial charge is 0.261 e. The molecule has 4 atom stereocenters. The predicted molar refractivity (Wildman–Crippen MR) is 219 cm³/mol. The first-order valence-corrected chi connectivity index (χ1v) is 22.3. The summed E-state index contributed by atoms with van der Waals surface area (Å²) in [5, 5.41) is 48.2. The Kier molecular flexibility index (Phi) is 14.6. The maximum Gasteiger partial charge on any atom is 0.261 e. The molecular formula is C44H60O6Si2. The third-order valence-electron chi connectivity index (χ3n) is 9.95. The van der Waals surface area contributed by atoms with Gasteiger partial charge in [-0.25, -0.2) is 0 Å². The summed E-state index contributed by atoms with van der Waals surface area (Å²) in [6, 6.07) is 41.1. The lowest BCUT2D eigenvalue weighted by molar-refractivity contribution is 0.0401. The van der Waals surface area contributed by atoms with Crippen molar-refractivity contribution >= 4 is 37.4 Å². The normalized spacial score (nSPS) is 15.1.